The number of carbonyl (C=O) groups excluding carboxylic acids is 2. The second-order valence-electron chi connectivity index (χ2n) is 6.19. The highest BCUT2D eigenvalue weighted by Crippen LogP contribution is 2.19. The Labute approximate surface area is 149 Å². The molecule has 1 atom stereocenters. The normalized spacial score (nSPS) is 21.9. The molecule has 0 radical (unpaired) electrons. The van der Waals surface area contributed by atoms with Gasteiger partial charge in [-0.15, -0.1) is 0 Å². The van der Waals surface area contributed by atoms with E-state index in [1.54, 1.807) is 9.80 Å². The third kappa shape index (κ3) is 4.30. The molecule has 2 aliphatic rings. The van der Waals surface area contributed by atoms with E-state index in [9.17, 15) is 18.4 Å². The van der Waals surface area contributed by atoms with Gasteiger partial charge in [-0.2, -0.15) is 11.8 Å². The molecule has 2 saturated heterocycles. The summed E-state index contributed by atoms with van der Waals surface area (Å²) in [6.07, 6.45) is 0.0629. The fourth-order valence-electron chi connectivity index (χ4n) is 3.17. The van der Waals surface area contributed by atoms with Gasteiger partial charge in [0, 0.05) is 49.8 Å². The Balaban J connectivity index is 1.71. The second-order valence-corrected chi connectivity index (χ2v) is 7.41. The maximum absolute atomic E-state index is 14.0. The van der Waals surface area contributed by atoms with Crippen LogP contribution in [0.1, 0.15) is 12.0 Å². The van der Waals surface area contributed by atoms with Crippen LogP contribution < -0.4 is 5.32 Å². The number of nitrogens with zero attached hydrogens (tertiary/aromatic N) is 2. The van der Waals surface area contributed by atoms with Crippen molar-refractivity contribution in [3.8, 4) is 0 Å². The number of carbonyl (C=O) groups is 2. The van der Waals surface area contributed by atoms with Gasteiger partial charge in [0.2, 0.25) is 11.8 Å². The minimum atomic E-state index is -0.905. The van der Waals surface area contributed by atoms with Gasteiger partial charge in [-0.05, 0) is 6.07 Å². The first-order chi connectivity index (χ1) is 12.1. The molecule has 2 amide bonds. The van der Waals surface area contributed by atoms with Crippen molar-refractivity contribution in [3.63, 3.8) is 0 Å². The topological polar surface area (TPSA) is 52.7 Å². The number of hydrogen-bond acceptors (Lipinski definition) is 4. The fourth-order valence-corrected chi connectivity index (χ4v) is 4.07. The maximum Gasteiger partial charge on any atom is 0.237 e. The van der Waals surface area contributed by atoms with E-state index >= 15 is 0 Å². The van der Waals surface area contributed by atoms with E-state index in [4.69, 9.17) is 0 Å². The van der Waals surface area contributed by atoms with Crippen LogP contribution in [0.15, 0.2) is 18.2 Å². The summed E-state index contributed by atoms with van der Waals surface area (Å²) in [5, 5.41) is 2.76. The summed E-state index contributed by atoms with van der Waals surface area (Å²) in [6.45, 7) is 2.41. The Morgan fingerprint density at radius 1 is 1.24 bits per heavy atom. The lowest BCUT2D eigenvalue weighted by molar-refractivity contribution is -0.138. The first kappa shape index (κ1) is 18.1. The Morgan fingerprint density at radius 3 is 2.76 bits per heavy atom. The lowest BCUT2D eigenvalue weighted by Crippen LogP contribution is -2.56. The van der Waals surface area contributed by atoms with Crippen molar-refractivity contribution in [1.29, 1.82) is 0 Å². The molecule has 2 heterocycles. The van der Waals surface area contributed by atoms with Crippen molar-refractivity contribution in [2.75, 3.05) is 37.7 Å². The zero-order chi connectivity index (χ0) is 17.8. The quantitative estimate of drug-likeness (QED) is 0.868. The van der Waals surface area contributed by atoms with Crippen LogP contribution in [0.3, 0.4) is 0 Å². The zero-order valence-corrected chi connectivity index (χ0v) is 14.7. The number of hydrogen-bond donors (Lipinski definition) is 1. The number of piperazine rings is 1. The van der Waals surface area contributed by atoms with Crippen molar-refractivity contribution < 1.29 is 18.4 Å². The molecule has 0 aromatic heterocycles. The van der Waals surface area contributed by atoms with Gasteiger partial charge in [0.05, 0.1) is 12.5 Å². The number of rotatable bonds is 4. The molecule has 0 spiro atoms. The zero-order valence-electron chi connectivity index (χ0n) is 13.8. The SMILES string of the molecule is O=C1NCCN(Cc2cccc(F)c2F)[C@@H]1CC(=O)N1CCSCC1. The van der Waals surface area contributed by atoms with Crippen LogP contribution in [-0.4, -0.2) is 65.3 Å². The number of amides is 2. The fraction of sp³-hybridized carbons (Fsp3) is 0.529. The summed E-state index contributed by atoms with van der Waals surface area (Å²) >= 11 is 1.81. The van der Waals surface area contributed by atoms with Gasteiger partial charge in [-0.1, -0.05) is 12.1 Å². The lowest BCUT2D eigenvalue weighted by atomic mass is 10.1. The van der Waals surface area contributed by atoms with Crippen LogP contribution in [0.4, 0.5) is 8.78 Å². The van der Waals surface area contributed by atoms with Crippen molar-refractivity contribution >= 4 is 23.6 Å². The largest absolute Gasteiger partial charge is 0.353 e. The number of nitrogens with one attached hydrogen (secondary N) is 1. The van der Waals surface area contributed by atoms with Crippen LogP contribution in [0, 0.1) is 11.6 Å². The van der Waals surface area contributed by atoms with Crippen molar-refractivity contribution in [1.82, 2.24) is 15.1 Å². The molecule has 8 heteroatoms. The highest BCUT2D eigenvalue weighted by atomic mass is 32.2. The molecule has 1 aromatic rings. The van der Waals surface area contributed by atoms with Gasteiger partial charge in [0.15, 0.2) is 11.6 Å². The summed E-state index contributed by atoms with van der Waals surface area (Å²) in [6, 6.07) is 3.37. The van der Waals surface area contributed by atoms with Crippen molar-refractivity contribution in [2.24, 2.45) is 0 Å². The highest BCUT2D eigenvalue weighted by Gasteiger charge is 2.33. The molecule has 2 aliphatic heterocycles. The average molecular weight is 369 g/mol. The molecule has 0 aliphatic carbocycles. The molecule has 0 unspecified atom stereocenters. The molecule has 1 N–H and O–H groups in total. The Hall–Kier alpha value is -1.67. The van der Waals surface area contributed by atoms with E-state index < -0.39 is 17.7 Å². The van der Waals surface area contributed by atoms with E-state index in [1.165, 1.54) is 12.1 Å². The lowest BCUT2D eigenvalue weighted by Gasteiger charge is -2.36. The first-order valence-electron chi connectivity index (χ1n) is 8.36. The third-order valence-electron chi connectivity index (χ3n) is 4.58. The van der Waals surface area contributed by atoms with Crippen molar-refractivity contribution in [3.05, 3.63) is 35.4 Å². The Bertz CT molecular complexity index is 653. The smallest absolute Gasteiger partial charge is 0.237 e. The van der Waals surface area contributed by atoms with E-state index in [0.29, 0.717) is 26.2 Å². The summed E-state index contributed by atoms with van der Waals surface area (Å²) in [5.74, 6) is -0.291. The van der Waals surface area contributed by atoms with E-state index in [2.05, 4.69) is 5.32 Å². The highest BCUT2D eigenvalue weighted by molar-refractivity contribution is 7.99. The molecule has 2 fully saturated rings. The van der Waals surface area contributed by atoms with Gasteiger partial charge < -0.3 is 10.2 Å². The molecule has 25 heavy (non-hydrogen) atoms. The standard InChI is InChI=1S/C17H21F2N3O2S/c18-13-3-1-2-12(16(13)19)11-22-5-4-20-17(24)14(22)10-15(23)21-6-8-25-9-7-21/h1-3,14H,4-11H2,(H,20,24)/t14-/m1/s1. The van der Waals surface area contributed by atoms with Crippen molar-refractivity contribution in [2.45, 2.75) is 19.0 Å². The molecule has 0 bridgehead atoms. The van der Waals surface area contributed by atoms with Gasteiger partial charge in [-0.3, -0.25) is 14.5 Å². The minimum Gasteiger partial charge on any atom is -0.353 e. The maximum atomic E-state index is 14.0. The van der Waals surface area contributed by atoms with E-state index in [-0.39, 0.29) is 30.3 Å². The average Bonchev–Trinajstić information content (AvgIpc) is 2.62. The predicted octanol–water partition coefficient (Wildman–Crippen LogP) is 1.23. The summed E-state index contributed by atoms with van der Waals surface area (Å²) in [4.78, 5) is 28.3. The molecular weight excluding hydrogens is 348 g/mol. The molecule has 136 valence electrons. The van der Waals surface area contributed by atoms with Gasteiger partial charge in [-0.25, -0.2) is 8.78 Å². The monoisotopic (exact) mass is 369 g/mol. The van der Waals surface area contributed by atoms with Gasteiger partial charge >= 0.3 is 0 Å². The summed E-state index contributed by atoms with van der Waals surface area (Å²) < 4.78 is 27.4. The second kappa shape index (κ2) is 8.14. The summed E-state index contributed by atoms with van der Waals surface area (Å²) in [7, 11) is 0. The number of benzene rings is 1. The van der Waals surface area contributed by atoms with Gasteiger partial charge in [0.1, 0.15) is 0 Å². The van der Waals surface area contributed by atoms with Crippen LogP contribution in [0.25, 0.3) is 0 Å². The van der Waals surface area contributed by atoms with E-state index in [0.717, 1.165) is 17.6 Å². The number of halogens is 2. The van der Waals surface area contributed by atoms with Gasteiger partial charge in [0.25, 0.3) is 0 Å². The summed E-state index contributed by atoms with van der Waals surface area (Å²) in [5.41, 5.74) is 0.196. The predicted molar refractivity (Wildman–Crippen MR) is 92.1 cm³/mol. The third-order valence-corrected chi connectivity index (χ3v) is 5.52. The molecule has 1 aromatic carbocycles. The Kier molecular flexibility index (Phi) is 5.90. The van der Waals surface area contributed by atoms with E-state index in [1.807, 2.05) is 11.8 Å². The number of thioether (sulfide) groups is 1. The first-order valence-corrected chi connectivity index (χ1v) is 9.52. The molecular formula is C17H21F2N3O2S. The van der Waals surface area contributed by atoms with Crippen LogP contribution in [0.5, 0.6) is 0 Å². The minimum absolute atomic E-state index is 0.0629. The van der Waals surface area contributed by atoms with Crippen LogP contribution >= 0.6 is 11.8 Å². The molecule has 5 nitrogen and oxygen atoms in total. The Morgan fingerprint density at radius 2 is 2.00 bits per heavy atom. The molecule has 3 rings (SSSR count). The van der Waals surface area contributed by atoms with Crippen LogP contribution in [0.2, 0.25) is 0 Å². The van der Waals surface area contributed by atoms with Crippen LogP contribution in [-0.2, 0) is 16.1 Å². The molecule has 0 saturated carbocycles.